The van der Waals surface area contributed by atoms with Crippen LogP contribution in [0.3, 0.4) is 0 Å². The summed E-state index contributed by atoms with van der Waals surface area (Å²) in [5.74, 6) is 0.371. The van der Waals surface area contributed by atoms with Crippen molar-refractivity contribution < 1.29 is 5.11 Å². The average molecular weight is 453 g/mol. The number of hydrogen-bond acceptors (Lipinski definition) is 5. The molecule has 3 heterocycles. The minimum absolute atomic E-state index is 0.0409. The lowest BCUT2D eigenvalue weighted by Gasteiger charge is -2.45. The number of nitrogens with zero attached hydrogens (tertiary/aromatic N) is 3. The fourth-order valence-corrected chi connectivity index (χ4v) is 6.72. The fourth-order valence-electron chi connectivity index (χ4n) is 6.72. The Morgan fingerprint density at radius 3 is 2.33 bits per heavy atom. The van der Waals surface area contributed by atoms with E-state index in [-0.39, 0.29) is 11.6 Å². The van der Waals surface area contributed by atoms with Crippen LogP contribution in [0.5, 0.6) is 0 Å². The molecule has 1 saturated carbocycles. The van der Waals surface area contributed by atoms with Crippen LogP contribution in [0.15, 0.2) is 29.1 Å². The van der Waals surface area contributed by atoms with Crippen LogP contribution in [-0.4, -0.2) is 50.3 Å². The molecular formula is C27H40N4O2. The maximum absolute atomic E-state index is 13.6. The first-order valence-electron chi connectivity index (χ1n) is 13.4. The zero-order valence-electron chi connectivity index (χ0n) is 20.1. The van der Waals surface area contributed by atoms with E-state index in [9.17, 15) is 9.90 Å². The summed E-state index contributed by atoms with van der Waals surface area (Å²) < 4.78 is 2.03. The molecule has 6 nitrogen and oxygen atoms in total. The molecule has 4 atom stereocenters. The van der Waals surface area contributed by atoms with E-state index >= 15 is 0 Å². The third-order valence-corrected chi connectivity index (χ3v) is 8.40. The second kappa shape index (κ2) is 10.1. The van der Waals surface area contributed by atoms with Gasteiger partial charge in [-0.1, -0.05) is 51.2 Å². The number of rotatable bonds is 6. The summed E-state index contributed by atoms with van der Waals surface area (Å²) in [4.78, 5) is 21.1. The molecule has 2 aromatic rings. The number of aromatic nitrogens is 2. The molecule has 2 aliphatic heterocycles. The van der Waals surface area contributed by atoms with Gasteiger partial charge in [0.1, 0.15) is 0 Å². The van der Waals surface area contributed by atoms with Crippen LogP contribution < -0.4 is 10.9 Å². The number of anilines is 1. The highest BCUT2D eigenvalue weighted by molar-refractivity contribution is 5.76. The van der Waals surface area contributed by atoms with Crippen molar-refractivity contribution in [1.82, 2.24) is 14.5 Å². The van der Waals surface area contributed by atoms with Gasteiger partial charge in [-0.25, -0.2) is 4.98 Å². The van der Waals surface area contributed by atoms with Gasteiger partial charge in [0.2, 0.25) is 0 Å². The van der Waals surface area contributed by atoms with Gasteiger partial charge in [-0.05, 0) is 57.1 Å². The minimum atomic E-state index is -0.478. The number of para-hydroxylation sites is 2. The van der Waals surface area contributed by atoms with E-state index in [0.29, 0.717) is 30.9 Å². The second-order valence-electron chi connectivity index (χ2n) is 10.5. The van der Waals surface area contributed by atoms with Crippen LogP contribution in [0.1, 0.15) is 90.0 Å². The third kappa shape index (κ3) is 4.69. The number of aliphatic hydroxyl groups is 1. The molecule has 3 fully saturated rings. The highest BCUT2D eigenvalue weighted by atomic mass is 16.3. The number of benzene rings is 1. The molecule has 2 bridgehead atoms. The van der Waals surface area contributed by atoms with Gasteiger partial charge < -0.3 is 15.0 Å². The summed E-state index contributed by atoms with van der Waals surface area (Å²) in [6.07, 6.45) is 14.5. The van der Waals surface area contributed by atoms with Gasteiger partial charge in [-0.3, -0.25) is 9.69 Å². The molecule has 5 rings (SSSR count). The van der Waals surface area contributed by atoms with Crippen molar-refractivity contribution in [2.75, 3.05) is 11.9 Å². The number of piperidine rings is 1. The summed E-state index contributed by atoms with van der Waals surface area (Å²) >= 11 is 0. The first-order valence-corrected chi connectivity index (χ1v) is 13.4. The van der Waals surface area contributed by atoms with Gasteiger partial charge >= 0.3 is 0 Å². The lowest BCUT2D eigenvalue weighted by atomic mass is 9.89. The Hall–Kier alpha value is -1.92. The molecule has 3 aliphatic rings. The first-order chi connectivity index (χ1) is 16.2. The molecule has 2 saturated heterocycles. The van der Waals surface area contributed by atoms with Crippen molar-refractivity contribution in [2.24, 2.45) is 0 Å². The molecule has 1 aromatic carbocycles. The maximum Gasteiger partial charge on any atom is 0.294 e. The largest absolute Gasteiger partial charge is 0.391 e. The highest BCUT2D eigenvalue weighted by Gasteiger charge is 2.44. The number of fused-ring (bicyclic) bond motifs is 3. The van der Waals surface area contributed by atoms with Crippen LogP contribution in [0.25, 0.3) is 11.0 Å². The molecular weight excluding hydrogens is 412 g/mol. The van der Waals surface area contributed by atoms with Crippen molar-refractivity contribution in [3.05, 3.63) is 34.6 Å². The molecule has 0 radical (unpaired) electrons. The predicted molar refractivity (Wildman–Crippen MR) is 134 cm³/mol. The smallest absolute Gasteiger partial charge is 0.294 e. The van der Waals surface area contributed by atoms with Gasteiger partial charge in [-0.2, -0.15) is 0 Å². The average Bonchev–Trinajstić information content (AvgIpc) is 3.06. The Morgan fingerprint density at radius 1 is 0.970 bits per heavy atom. The Morgan fingerprint density at radius 2 is 1.64 bits per heavy atom. The van der Waals surface area contributed by atoms with Gasteiger partial charge in [0.25, 0.3) is 5.56 Å². The second-order valence-corrected chi connectivity index (χ2v) is 10.5. The van der Waals surface area contributed by atoms with Crippen molar-refractivity contribution in [3.8, 4) is 0 Å². The summed E-state index contributed by atoms with van der Waals surface area (Å²) in [7, 11) is 0. The zero-order chi connectivity index (χ0) is 22.8. The van der Waals surface area contributed by atoms with Crippen LogP contribution in [-0.2, 0) is 0 Å². The Bertz CT molecular complexity index is 983. The third-order valence-electron chi connectivity index (χ3n) is 8.40. The van der Waals surface area contributed by atoms with Crippen LogP contribution in [0.4, 0.5) is 5.82 Å². The van der Waals surface area contributed by atoms with Crippen molar-refractivity contribution >= 4 is 16.9 Å². The number of hydrogen-bond donors (Lipinski definition) is 2. The molecule has 0 spiro atoms. The van der Waals surface area contributed by atoms with Gasteiger partial charge in [-0.15, -0.1) is 0 Å². The van der Waals surface area contributed by atoms with Gasteiger partial charge in [0.05, 0.1) is 17.1 Å². The van der Waals surface area contributed by atoms with E-state index in [1.165, 1.54) is 57.8 Å². The van der Waals surface area contributed by atoms with Crippen molar-refractivity contribution in [3.63, 3.8) is 0 Å². The topological polar surface area (TPSA) is 70.4 Å². The normalized spacial score (nSPS) is 27.9. The van der Waals surface area contributed by atoms with Crippen LogP contribution in [0.2, 0.25) is 0 Å². The van der Waals surface area contributed by atoms with Gasteiger partial charge in [0.15, 0.2) is 5.82 Å². The molecule has 6 heteroatoms. The minimum Gasteiger partial charge on any atom is -0.391 e. The summed E-state index contributed by atoms with van der Waals surface area (Å²) in [6.45, 7) is 2.29. The van der Waals surface area contributed by atoms with Crippen LogP contribution in [0, 0.1) is 0 Å². The molecule has 1 aliphatic carbocycles. The van der Waals surface area contributed by atoms with E-state index in [4.69, 9.17) is 0 Å². The Labute approximate surface area is 197 Å². The first kappa shape index (κ1) is 22.9. The lowest BCUT2D eigenvalue weighted by Crippen LogP contribution is -2.50. The van der Waals surface area contributed by atoms with E-state index in [2.05, 4.69) is 15.2 Å². The molecule has 1 aromatic heterocycles. The lowest BCUT2D eigenvalue weighted by molar-refractivity contribution is 0.0498. The predicted octanol–water partition coefficient (Wildman–Crippen LogP) is 4.86. The standard InChI is InChI=1S/C27H40N4O2/c1-2-23(32)18-28-26-27(33)31(25-13-9-8-12-24(25)29-26)22-16-20-14-15-21(17-22)30(20)19-10-6-4-3-5-7-11-19/h8-9,12-13,19-23,32H,2-7,10-11,14-18H2,1H3,(H,28,29)/t20-,21+,22?,23-/m0/s1. The number of aliphatic hydroxyl groups excluding tert-OH is 1. The Balaban J connectivity index is 1.43. The van der Waals surface area contributed by atoms with Gasteiger partial charge in [0, 0.05) is 30.7 Å². The summed E-state index contributed by atoms with van der Waals surface area (Å²) in [5, 5.41) is 13.1. The van der Waals surface area contributed by atoms with Crippen LogP contribution >= 0.6 is 0 Å². The monoisotopic (exact) mass is 452 g/mol. The van der Waals surface area contributed by atoms with Crippen molar-refractivity contribution in [1.29, 1.82) is 0 Å². The quantitative estimate of drug-likeness (QED) is 0.655. The fraction of sp³-hybridized carbons (Fsp3) is 0.704. The highest BCUT2D eigenvalue weighted by Crippen LogP contribution is 2.44. The van der Waals surface area contributed by atoms with Crippen molar-refractivity contribution in [2.45, 2.75) is 114 Å². The molecule has 1 unspecified atom stereocenters. The molecule has 180 valence electrons. The Kier molecular flexibility index (Phi) is 7.02. The molecule has 2 N–H and O–H groups in total. The van der Waals surface area contributed by atoms with E-state index in [0.717, 1.165) is 29.9 Å². The summed E-state index contributed by atoms with van der Waals surface area (Å²) in [6, 6.07) is 10.2. The summed E-state index contributed by atoms with van der Waals surface area (Å²) in [5.41, 5.74) is 1.74. The van der Waals surface area contributed by atoms with E-state index in [1.807, 2.05) is 35.8 Å². The van der Waals surface area contributed by atoms with E-state index < -0.39 is 6.10 Å². The molecule has 0 amide bonds. The van der Waals surface area contributed by atoms with E-state index in [1.54, 1.807) is 0 Å². The number of nitrogens with one attached hydrogen (secondary N) is 1. The maximum atomic E-state index is 13.6. The molecule has 33 heavy (non-hydrogen) atoms. The SMILES string of the molecule is CC[C@H](O)CNc1nc2ccccc2n(C2C[C@H]3CC[C@@H](C2)N3C2CCCCCCC2)c1=O. The zero-order valence-corrected chi connectivity index (χ0v) is 20.1.